The van der Waals surface area contributed by atoms with Gasteiger partial charge in [0.2, 0.25) is 0 Å². The molecule has 0 spiro atoms. The molecule has 4 nitrogen and oxygen atoms in total. The maximum absolute atomic E-state index is 12.5. The predicted octanol–water partition coefficient (Wildman–Crippen LogP) is 4.41. The van der Waals surface area contributed by atoms with E-state index < -0.39 is 6.10 Å². The average molecular weight is 387 g/mol. The van der Waals surface area contributed by atoms with Crippen LogP contribution < -0.4 is 10.1 Å². The summed E-state index contributed by atoms with van der Waals surface area (Å²) >= 11 is 5.98. The van der Waals surface area contributed by atoms with Gasteiger partial charge in [-0.3, -0.25) is 9.69 Å². The molecule has 1 aliphatic rings. The van der Waals surface area contributed by atoms with Gasteiger partial charge in [-0.2, -0.15) is 0 Å². The van der Waals surface area contributed by atoms with Crippen molar-refractivity contribution in [2.24, 2.45) is 0 Å². The Kier molecular flexibility index (Phi) is 7.13. The van der Waals surface area contributed by atoms with Gasteiger partial charge in [-0.1, -0.05) is 48.9 Å². The number of nitrogens with one attached hydrogen (secondary N) is 1. The summed E-state index contributed by atoms with van der Waals surface area (Å²) in [6.07, 6.45) is 2.64. The predicted molar refractivity (Wildman–Crippen MR) is 109 cm³/mol. The average Bonchev–Trinajstić information content (AvgIpc) is 3.17. The van der Waals surface area contributed by atoms with Crippen molar-refractivity contribution in [3.8, 4) is 5.75 Å². The fourth-order valence-corrected chi connectivity index (χ4v) is 3.55. The first-order valence-electron chi connectivity index (χ1n) is 9.64. The molecule has 2 aromatic carbocycles. The van der Waals surface area contributed by atoms with E-state index in [1.165, 1.54) is 31.5 Å². The van der Waals surface area contributed by atoms with Crippen LogP contribution in [0, 0.1) is 0 Å². The van der Waals surface area contributed by atoms with Gasteiger partial charge in [-0.25, -0.2) is 0 Å². The number of likely N-dealkylation sites (tertiary alicyclic amines) is 1. The van der Waals surface area contributed by atoms with E-state index in [0.717, 1.165) is 12.1 Å². The molecule has 2 aromatic rings. The van der Waals surface area contributed by atoms with Gasteiger partial charge < -0.3 is 10.1 Å². The van der Waals surface area contributed by atoms with Crippen LogP contribution in [0.15, 0.2) is 48.5 Å². The number of ether oxygens (including phenoxy) is 1. The Hall–Kier alpha value is -2.04. The number of carbonyl (C=O) groups excluding carboxylic acids is 1. The zero-order valence-corrected chi connectivity index (χ0v) is 16.5. The summed E-state index contributed by atoms with van der Waals surface area (Å²) in [5.74, 6) is 0.500. The van der Waals surface area contributed by atoms with Crippen LogP contribution >= 0.6 is 11.6 Å². The number of hydrogen-bond donors (Lipinski definition) is 1. The fraction of sp³-hybridized carbons (Fsp3) is 0.409. The van der Waals surface area contributed by atoms with E-state index in [-0.39, 0.29) is 5.91 Å². The first-order valence-corrected chi connectivity index (χ1v) is 10.0. The van der Waals surface area contributed by atoms with Gasteiger partial charge in [0.25, 0.3) is 5.91 Å². The molecule has 1 fully saturated rings. The number of rotatable bonds is 8. The molecule has 0 bridgehead atoms. The van der Waals surface area contributed by atoms with Gasteiger partial charge >= 0.3 is 0 Å². The second-order valence-corrected chi connectivity index (χ2v) is 7.43. The minimum Gasteiger partial charge on any atom is -0.481 e. The van der Waals surface area contributed by atoms with Crippen molar-refractivity contribution in [1.82, 2.24) is 10.2 Å². The number of halogens is 1. The van der Waals surface area contributed by atoms with Crippen molar-refractivity contribution < 1.29 is 9.53 Å². The van der Waals surface area contributed by atoms with Crippen molar-refractivity contribution in [1.29, 1.82) is 0 Å². The summed E-state index contributed by atoms with van der Waals surface area (Å²) in [5, 5.41) is 3.59. The maximum Gasteiger partial charge on any atom is 0.261 e. The Morgan fingerprint density at radius 1 is 1.15 bits per heavy atom. The van der Waals surface area contributed by atoms with Gasteiger partial charge in [-0.05, 0) is 61.7 Å². The lowest BCUT2D eigenvalue weighted by Gasteiger charge is -2.18. The molecule has 1 aliphatic heterocycles. The monoisotopic (exact) mass is 386 g/mol. The van der Waals surface area contributed by atoms with Crippen LogP contribution in [0.2, 0.25) is 5.02 Å². The number of benzene rings is 2. The quantitative estimate of drug-likeness (QED) is 0.730. The molecule has 1 heterocycles. The Balaban J connectivity index is 1.54. The molecule has 0 aliphatic carbocycles. The van der Waals surface area contributed by atoms with Crippen molar-refractivity contribution >= 4 is 17.5 Å². The Labute approximate surface area is 166 Å². The molecule has 1 amide bonds. The molecule has 0 radical (unpaired) electrons. The van der Waals surface area contributed by atoms with Gasteiger partial charge in [0, 0.05) is 18.1 Å². The summed E-state index contributed by atoms with van der Waals surface area (Å²) in [5.41, 5.74) is 2.41. The molecule has 0 saturated carbocycles. The van der Waals surface area contributed by atoms with E-state index in [2.05, 4.69) is 28.4 Å². The molecule has 1 saturated heterocycles. The van der Waals surface area contributed by atoms with Gasteiger partial charge in [0.15, 0.2) is 6.10 Å². The highest BCUT2D eigenvalue weighted by Crippen LogP contribution is 2.19. The van der Waals surface area contributed by atoms with E-state index in [0.29, 0.717) is 23.7 Å². The van der Waals surface area contributed by atoms with Crippen LogP contribution in [-0.2, 0) is 17.9 Å². The molecular weight excluding hydrogens is 360 g/mol. The Bertz CT molecular complexity index is 759. The first kappa shape index (κ1) is 19.7. The summed E-state index contributed by atoms with van der Waals surface area (Å²) in [4.78, 5) is 15.0. The molecule has 0 aromatic heterocycles. The second kappa shape index (κ2) is 9.77. The smallest absolute Gasteiger partial charge is 0.261 e. The summed E-state index contributed by atoms with van der Waals surface area (Å²) in [6, 6.07) is 15.6. The van der Waals surface area contributed by atoms with Gasteiger partial charge in [0.1, 0.15) is 5.75 Å². The number of hydrogen-bond acceptors (Lipinski definition) is 3. The maximum atomic E-state index is 12.5. The molecule has 144 valence electrons. The molecule has 3 rings (SSSR count). The standard InChI is InChI=1S/C22H27ClN2O2/c1-2-21(27-20-10-6-9-19(23)14-20)22(26)24-15-17-7-5-8-18(13-17)16-25-11-3-4-12-25/h5-10,13-14,21H,2-4,11-12,15-16H2,1H3,(H,24,26). The third kappa shape index (κ3) is 5.98. The van der Waals surface area contributed by atoms with Gasteiger partial charge in [0.05, 0.1) is 0 Å². The second-order valence-electron chi connectivity index (χ2n) is 6.99. The van der Waals surface area contributed by atoms with Crippen LogP contribution in [-0.4, -0.2) is 30.0 Å². The van der Waals surface area contributed by atoms with Crippen LogP contribution in [0.3, 0.4) is 0 Å². The SMILES string of the molecule is CCC(Oc1cccc(Cl)c1)C(=O)NCc1cccc(CN2CCCC2)c1. The van der Waals surface area contributed by atoms with E-state index in [1.54, 1.807) is 12.1 Å². The van der Waals surface area contributed by atoms with Crippen LogP contribution in [0.5, 0.6) is 5.75 Å². The zero-order chi connectivity index (χ0) is 19.1. The third-order valence-corrected chi connectivity index (χ3v) is 5.04. The molecule has 27 heavy (non-hydrogen) atoms. The minimum absolute atomic E-state index is 0.109. The lowest BCUT2D eigenvalue weighted by Crippen LogP contribution is -2.37. The zero-order valence-electron chi connectivity index (χ0n) is 15.8. The Morgan fingerprint density at radius 3 is 2.63 bits per heavy atom. The van der Waals surface area contributed by atoms with Crippen molar-refractivity contribution in [2.45, 2.75) is 45.4 Å². The van der Waals surface area contributed by atoms with E-state index in [1.807, 2.05) is 25.1 Å². The van der Waals surface area contributed by atoms with Crippen LogP contribution in [0.25, 0.3) is 0 Å². The lowest BCUT2D eigenvalue weighted by atomic mass is 10.1. The number of amides is 1. The van der Waals surface area contributed by atoms with Crippen LogP contribution in [0.4, 0.5) is 0 Å². The Morgan fingerprint density at radius 2 is 1.89 bits per heavy atom. The summed E-state index contributed by atoms with van der Waals surface area (Å²) in [6.45, 7) is 5.78. The topological polar surface area (TPSA) is 41.6 Å². The van der Waals surface area contributed by atoms with Crippen molar-refractivity contribution in [3.05, 3.63) is 64.7 Å². The van der Waals surface area contributed by atoms with Gasteiger partial charge in [-0.15, -0.1) is 0 Å². The van der Waals surface area contributed by atoms with E-state index >= 15 is 0 Å². The van der Waals surface area contributed by atoms with Crippen molar-refractivity contribution in [2.75, 3.05) is 13.1 Å². The van der Waals surface area contributed by atoms with E-state index in [9.17, 15) is 4.79 Å². The highest BCUT2D eigenvalue weighted by molar-refractivity contribution is 6.30. The summed E-state index contributed by atoms with van der Waals surface area (Å²) < 4.78 is 5.80. The lowest BCUT2D eigenvalue weighted by molar-refractivity contribution is -0.128. The molecule has 1 N–H and O–H groups in total. The molecule has 1 atom stereocenters. The van der Waals surface area contributed by atoms with Crippen LogP contribution in [0.1, 0.15) is 37.3 Å². The first-order chi connectivity index (χ1) is 13.1. The molecule has 5 heteroatoms. The highest BCUT2D eigenvalue weighted by Gasteiger charge is 2.18. The van der Waals surface area contributed by atoms with Crippen molar-refractivity contribution in [3.63, 3.8) is 0 Å². The highest BCUT2D eigenvalue weighted by atomic mass is 35.5. The number of nitrogens with zero attached hydrogens (tertiary/aromatic N) is 1. The fourth-order valence-electron chi connectivity index (χ4n) is 3.37. The minimum atomic E-state index is -0.531. The number of carbonyl (C=O) groups is 1. The summed E-state index contributed by atoms with van der Waals surface area (Å²) in [7, 11) is 0. The molecular formula is C22H27ClN2O2. The third-order valence-electron chi connectivity index (χ3n) is 4.80. The normalized spacial score (nSPS) is 15.5. The molecule has 1 unspecified atom stereocenters. The largest absolute Gasteiger partial charge is 0.481 e. The van der Waals surface area contributed by atoms with E-state index in [4.69, 9.17) is 16.3 Å².